The second-order valence-electron chi connectivity index (χ2n) is 4.68. The lowest BCUT2D eigenvalue weighted by Gasteiger charge is -2.13. The monoisotopic (exact) mass is 300 g/mol. The first-order valence-electron chi connectivity index (χ1n) is 6.81. The van der Waals surface area contributed by atoms with Crippen LogP contribution in [0.5, 0.6) is 5.75 Å². The van der Waals surface area contributed by atoms with Crippen molar-refractivity contribution in [3.05, 3.63) is 29.8 Å². The standard InChI is InChI=1S/C15H24N2O2.ClH/c1-4-16-13(3)11-17-15(18)8-9-19-14-7-5-6-12(2)10-14;/h5-7,10,13,16H,4,8-9,11H2,1-3H3,(H,17,18);1H/t13-;/m1./s1. The van der Waals surface area contributed by atoms with Gasteiger partial charge < -0.3 is 15.4 Å². The lowest BCUT2D eigenvalue weighted by atomic mass is 10.2. The Kier molecular flexibility index (Phi) is 9.86. The Morgan fingerprint density at radius 1 is 1.40 bits per heavy atom. The Morgan fingerprint density at radius 3 is 2.80 bits per heavy atom. The fourth-order valence-electron chi connectivity index (χ4n) is 1.74. The Balaban J connectivity index is 0.00000361. The van der Waals surface area contributed by atoms with Crippen LogP contribution in [0.15, 0.2) is 24.3 Å². The molecule has 1 amide bonds. The molecule has 0 aromatic heterocycles. The molecule has 0 aliphatic rings. The zero-order chi connectivity index (χ0) is 14.1. The maximum atomic E-state index is 11.6. The zero-order valence-corrected chi connectivity index (χ0v) is 13.3. The Labute approximate surface area is 127 Å². The second-order valence-corrected chi connectivity index (χ2v) is 4.68. The largest absolute Gasteiger partial charge is 0.493 e. The first kappa shape index (κ1) is 18.7. The van der Waals surface area contributed by atoms with Crippen molar-refractivity contribution >= 4 is 18.3 Å². The van der Waals surface area contributed by atoms with Gasteiger partial charge in [0.25, 0.3) is 0 Å². The van der Waals surface area contributed by atoms with E-state index in [0.29, 0.717) is 25.6 Å². The fourth-order valence-corrected chi connectivity index (χ4v) is 1.74. The first-order valence-corrected chi connectivity index (χ1v) is 6.81. The molecule has 0 radical (unpaired) electrons. The topological polar surface area (TPSA) is 50.4 Å². The van der Waals surface area contributed by atoms with E-state index in [0.717, 1.165) is 17.9 Å². The number of nitrogens with one attached hydrogen (secondary N) is 2. The van der Waals surface area contributed by atoms with E-state index in [9.17, 15) is 4.79 Å². The summed E-state index contributed by atoms with van der Waals surface area (Å²) in [5.74, 6) is 0.839. The van der Waals surface area contributed by atoms with Crippen molar-refractivity contribution in [2.45, 2.75) is 33.2 Å². The summed E-state index contributed by atoms with van der Waals surface area (Å²) in [6.45, 7) is 8.08. The van der Waals surface area contributed by atoms with Crippen LogP contribution >= 0.6 is 12.4 Å². The van der Waals surface area contributed by atoms with Crippen LogP contribution in [0.2, 0.25) is 0 Å². The molecule has 0 bridgehead atoms. The summed E-state index contributed by atoms with van der Waals surface area (Å²) < 4.78 is 5.54. The molecule has 1 rings (SSSR count). The minimum Gasteiger partial charge on any atom is -0.493 e. The van der Waals surface area contributed by atoms with Crippen LogP contribution in [0.25, 0.3) is 0 Å². The smallest absolute Gasteiger partial charge is 0.223 e. The average Bonchev–Trinajstić information content (AvgIpc) is 2.37. The van der Waals surface area contributed by atoms with E-state index in [1.165, 1.54) is 0 Å². The summed E-state index contributed by atoms with van der Waals surface area (Å²) in [5.41, 5.74) is 1.15. The number of amides is 1. The highest BCUT2D eigenvalue weighted by Gasteiger charge is 2.04. The molecule has 0 fully saturated rings. The molecule has 20 heavy (non-hydrogen) atoms. The third kappa shape index (κ3) is 8.02. The molecule has 0 spiro atoms. The van der Waals surface area contributed by atoms with Crippen molar-refractivity contribution in [2.75, 3.05) is 19.7 Å². The highest BCUT2D eigenvalue weighted by Crippen LogP contribution is 2.12. The Bertz CT molecular complexity index is 399. The number of aryl methyl sites for hydroxylation is 1. The highest BCUT2D eigenvalue weighted by molar-refractivity contribution is 5.85. The molecule has 5 heteroatoms. The number of benzene rings is 1. The number of likely N-dealkylation sites (N-methyl/N-ethyl adjacent to an activating group) is 1. The van der Waals surface area contributed by atoms with Gasteiger partial charge in [0.05, 0.1) is 13.0 Å². The van der Waals surface area contributed by atoms with E-state index >= 15 is 0 Å². The average molecular weight is 301 g/mol. The third-order valence-corrected chi connectivity index (χ3v) is 2.75. The fraction of sp³-hybridized carbons (Fsp3) is 0.533. The van der Waals surface area contributed by atoms with Crippen LogP contribution in [-0.2, 0) is 4.79 Å². The molecule has 0 saturated carbocycles. The maximum absolute atomic E-state index is 11.6. The number of ether oxygens (including phenoxy) is 1. The molecule has 2 N–H and O–H groups in total. The zero-order valence-electron chi connectivity index (χ0n) is 12.4. The van der Waals surface area contributed by atoms with Crippen molar-refractivity contribution in [1.82, 2.24) is 10.6 Å². The van der Waals surface area contributed by atoms with Crippen LogP contribution < -0.4 is 15.4 Å². The van der Waals surface area contributed by atoms with Gasteiger partial charge in [0.1, 0.15) is 5.75 Å². The van der Waals surface area contributed by atoms with Crippen LogP contribution in [0.1, 0.15) is 25.8 Å². The minimum absolute atomic E-state index is 0. The van der Waals surface area contributed by atoms with Crippen LogP contribution in [0, 0.1) is 6.92 Å². The van der Waals surface area contributed by atoms with Crippen molar-refractivity contribution < 1.29 is 9.53 Å². The van der Waals surface area contributed by atoms with Gasteiger partial charge in [0, 0.05) is 12.6 Å². The molecular weight excluding hydrogens is 276 g/mol. The van der Waals surface area contributed by atoms with Gasteiger partial charge in [-0.05, 0) is 38.1 Å². The lowest BCUT2D eigenvalue weighted by Crippen LogP contribution is -2.39. The summed E-state index contributed by atoms with van der Waals surface area (Å²) in [6.07, 6.45) is 0.382. The van der Waals surface area contributed by atoms with Gasteiger partial charge in [-0.25, -0.2) is 0 Å². The Morgan fingerprint density at radius 2 is 2.15 bits per heavy atom. The molecule has 0 heterocycles. The minimum atomic E-state index is 0. The molecule has 0 aliphatic heterocycles. The van der Waals surface area contributed by atoms with Crippen LogP contribution in [0.4, 0.5) is 0 Å². The van der Waals surface area contributed by atoms with E-state index in [2.05, 4.69) is 10.6 Å². The predicted octanol–water partition coefficient (Wildman–Crippen LogP) is 2.30. The van der Waals surface area contributed by atoms with E-state index in [-0.39, 0.29) is 18.3 Å². The van der Waals surface area contributed by atoms with Gasteiger partial charge in [0.15, 0.2) is 0 Å². The van der Waals surface area contributed by atoms with E-state index in [1.807, 2.05) is 45.0 Å². The van der Waals surface area contributed by atoms with E-state index < -0.39 is 0 Å². The number of halogens is 1. The molecular formula is C15H25ClN2O2. The van der Waals surface area contributed by atoms with Gasteiger partial charge in [0.2, 0.25) is 5.91 Å². The summed E-state index contributed by atoms with van der Waals surface area (Å²) in [4.78, 5) is 11.6. The molecule has 4 nitrogen and oxygen atoms in total. The van der Waals surface area contributed by atoms with Crippen molar-refractivity contribution in [3.8, 4) is 5.75 Å². The molecule has 1 aromatic carbocycles. The van der Waals surface area contributed by atoms with E-state index in [4.69, 9.17) is 4.74 Å². The number of carbonyl (C=O) groups excluding carboxylic acids is 1. The number of hydrogen-bond acceptors (Lipinski definition) is 3. The van der Waals surface area contributed by atoms with Crippen molar-refractivity contribution in [1.29, 1.82) is 0 Å². The van der Waals surface area contributed by atoms with Crippen LogP contribution in [0.3, 0.4) is 0 Å². The Hall–Kier alpha value is -1.26. The SMILES string of the molecule is CCN[C@H](C)CNC(=O)CCOc1cccc(C)c1.Cl. The highest BCUT2D eigenvalue weighted by atomic mass is 35.5. The number of hydrogen-bond donors (Lipinski definition) is 2. The van der Waals surface area contributed by atoms with Crippen molar-refractivity contribution in [2.24, 2.45) is 0 Å². The summed E-state index contributed by atoms with van der Waals surface area (Å²) in [6, 6.07) is 8.13. The van der Waals surface area contributed by atoms with Gasteiger partial charge in [-0.1, -0.05) is 19.1 Å². The lowest BCUT2D eigenvalue weighted by molar-refractivity contribution is -0.121. The number of carbonyl (C=O) groups is 1. The quantitative estimate of drug-likeness (QED) is 0.774. The molecule has 114 valence electrons. The van der Waals surface area contributed by atoms with Gasteiger partial charge in [-0.15, -0.1) is 12.4 Å². The normalized spacial score (nSPS) is 11.3. The third-order valence-electron chi connectivity index (χ3n) is 2.75. The molecule has 0 unspecified atom stereocenters. The van der Waals surface area contributed by atoms with Gasteiger partial charge in [-0.3, -0.25) is 4.79 Å². The number of rotatable bonds is 8. The molecule has 0 aliphatic carbocycles. The maximum Gasteiger partial charge on any atom is 0.223 e. The van der Waals surface area contributed by atoms with Gasteiger partial charge in [-0.2, -0.15) is 0 Å². The molecule has 0 saturated heterocycles. The van der Waals surface area contributed by atoms with Gasteiger partial charge >= 0.3 is 0 Å². The second kappa shape index (κ2) is 10.5. The molecule has 1 atom stereocenters. The molecule has 1 aromatic rings. The van der Waals surface area contributed by atoms with Crippen LogP contribution in [-0.4, -0.2) is 31.6 Å². The first-order chi connectivity index (χ1) is 9.11. The predicted molar refractivity (Wildman–Crippen MR) is 84.7 cm³/mol. The summed E-state index contributed by atoms with van der Waals surface area (Å²) in [5, 5.41) is 6.13. The van der Waals surface area contributed by atoms with E-state index in [1.54, 1.807) is 0 Å². The summed E-state index contributed by atoms with van der Waals surface area (Å²) in [7, 11) is 0. The van der Waals surface area contributed by atoms with Crippen molar-refractivity contribution in [3.63, 3.8) is 0 Å². The summed E-state index contributed by atoms with van der Waals surface area (Å²) >= 11 is 0.